The Morgan fingerprint density at radius 3 is 2.25 bits per heavy atom. The molecule has 8 heteroatoms. The Hall–Kier alpha value is -4.20. The topological polar surface area (TPSA) is 91.2 Å². The molecule has 2 aromatic heterocycles. The van der Waals surface area contributed by atoms with E-state index in [4.69, 9.17) is 9.47 Å². The van der Waals surface area contributed by atoms with Gasteiger partial charge in [-0.3, -0.25) is 9.36 Å². The average Bonchev–Trinajstić information content (AvgIpc) is 3.13. The summed E-state index contributed by atoms with van der Waals surface area (Å²) in [5.41, 5.74) is 3.73. The number of benzene rings is 2. The molecule has 0 unspecified atom stereocenters. The molecular formula is C24H23N5O3. The largest absolute Gasteiger partial charge is 0.484 e. The summed E-state index contributed by atoms with van der Waals surface area (Å²) in [6.07, 6.45) is 1.72. The van der Waals surface area contributed by atoms with Crippen molar-refractivity contribution in [3.8, 4) is 23.2 Å². The number of ether oxygens (including phenoxy) is 2. The van der Waals surface area contributed by atoms with Crippen molar-refractivity contribution in [3.05, 3.63) is 83.9 Å². The molecule has 0 aliphatic heterocycles. The highest BCUT2D eigenvalue weighted by Gasteiger charge is 2.08. The molecule has 1 amide bonds. The number of amides is 1. The maximum absolute atomic E-state index is 12.1. The molecule has 0 bridgehead atoms. The number of carbonyl (C=O) groups is 1. The fourth-order valence-corrected chi connectivity index (χ4v) is 2.93. The van der Waals surface area contributed by atoms with Crippen LogP contribution in [-0.2, 0) is 4.79 Å². The van der Waals surface area contributed by atoms with Gasteiger partial charge in [-0.25, -0.2) is 4.98 Å². The van der Waals surface area contributed by atoms with Crippen molar-refractivity contribution in [2.45, 2.75) is 20.8 Å². The molecule has 2 heterocycles. The molecule has 32 heavy (non-hydrogen) atoms. The molecular weight excluding hydrogens is 406 g/mol. The Bertz CT molecular complexity index is 1200. The number of nitrogens with one attached hydrogen (secondary N) is 1. The van der Waals surface area contributed by atoms with E-state index in [1.54, 1.807) is 36.7 Å². The second-order valence-electron chi connectivity index (χ2n) is 7.29. The predicted octanol–water partition coefficient (Wildman–Crippen LogP) is 4.40. The zero-order valence-electron chi connectivity index (χ0n) is 18.1. The van der Waals surface area contributed by atoms with Crippen LogP contribution in [0.15, 0.2) is 67.0 Å². The summed E-state index contributed by atoms with van der Waals surface area (Å²) in [6.45, 7) is 5.84. The lowest BCUT2D eigenvalue weighted by Gasteiger charge is -2.09. The maximum atomic E-state index is 12.1. The first-order chi connectivity index (χ1) is 15.5. The van der Waals surface area contributed by atoms with Gasteiger partial charge in [-0.15, -0.1) is 10.2 Å². The second-order valence-corrected chi connectivity index (χ2v) is 7.29. The zero-order valence-corrected chi connectivity index (χ0v) is 18.1. The maximum Gasteiger partial charge on any atom is 0.262 e. The van der Waals surface area contributed by atoms with Crippen molar-refractivity contribution >= 4 is 11.6 Å². The Morgan fingerprint density at radius 2 is 1.62 bits per heavy atom. The molecule has 0 atom stereocenters. The van der Waals surface area contributed by atoms with Gasteiger partial charge in [-0.1, -0.05) is 17.7 Å². The van der Waals surface area contributed by atoms with Crippen LogP contribution in [0, 0.1) is 20.8 Å². The van der Waals surface area contributed by atoms with E-state index >= 15 is 0 Å². The number of carbonyl (C=O) groups excluding carboxylic acids is 1. The lowest BCUT2D eigenvalue weighted by molar-refractivity contribution is -0.118. The van der Waals surface area contributed by atoms with Gasteiger partial charge >= 0.3 is 0 Å². The number of hydrogen-bond acceptors (Lipinski definition) is 6. The zero-order chi connectivity index (χ0) is 22.5. The van der Waals surface area contributed by atoms with Crippen LogP contribution in [0.4, 0.5) is 5.69 Å². The van der Waals surface area contributed by atoms with Crippen LogP contribution in [0.5, 0.6) is 17.4 Å². The number of hydrogen-bond donors (Lipinski definition) is 1. The molecule has 162 valence electrons. The average molecular weight is 429 g/mol. The van der Waals surface area contributed by atoms with Gasteiger partial charge in [0.05, 0.1) is 5.69 Å². The molecule has 2 aromatic carbocycles. The lowest BCUT2D eigenvalue weighted by Crippen LogP contribution is -2.20. The van der Waals surface area contributed by atoms with E-state index in [-0.39, 0.29) is 12.5 Å². The minimum atomic E-state index is -0.245. The first kappa shape index (κ1) is 21.0. The van der Waals surface area contributed by atoms with Gasteiger partial charge in [-0.05, 0) is 63.2 Å². The highest BCUT2D eigenvalue weighted by Crippen LogP contribution is 2.22. The second kappa shape index (κ2) is 9.30. The number of anilines is 1. The molecule has 0 aliphatic rings. The Morgan fingerprint density at radius 1 is 0.906 bits per heavy atom. The fourth-order valence-electron chi connectivity index (χ4n) is 2.93. The van der Waals surface area contributed by atoms with Crippen LogP contribution in [0.25, 0.3) is 5.82 Å². The summed E-state index contributed by atoms with van der Waals surface area (Å²) in [7, 11) is 0. The highest BCUT2D eigenvalue weighted by atomic mass is 16.5. The van der Waals surface area contributed by atoms with Crippen LogP contribution in [0.1, 0.15) is 17.0 Å². The van der Waals surface area contributed by atoms with Gasteiger partial charge in [-0.2, -0.15) is 0 Å². The third-order valence-corrected chi connectivity index (χ3v) is 4.88. The van der Waals surface area contributed by atoms with Gasteiger partial charge < -0.3 is 14.8 Å². The van der Waals surface area contributed by atoms with Gasteiger partial charge in [0.15, 0.2) is 12.4 Å². The summed E-state index contributed by atoms with van der Waals surface area (Å²) in [4.78, 5) is 16.4. The molecule has 1 N–H and O–H groups in total. The Kier molecular flexibility index (Phi) is 6.12. The number of nitrogens with zero attached hydrogens (tertiary/aromatic N) is 4. The molecule has 0 fully saturated rings. The first-order valence-corrected chi connectivity index (χ1v) is 10.1. The van der Waals surface area contributed by atoms with E-state index < -0.39 is 0 Å². The summed E-state index contributed by atoms with van der Waals surface area (Å²) < 4.78 is 13.1. The molecule has 4 aromatic rings. The van der Waals surface area contributed by atoms with E-state index in [1.807, 2.05) is 55.7 Å². The smallest absolute Gasteiger partial charge is 0.262 e. The number of imidazole rings is 1. The SMILES string of the molecule is Cc1ccc(OCC(=O)Nc2ccc(Oc3ccc(-n4cnc(C)c4C)nn3)cc2)cc1. The van der Waals surface area contributed by atoms with E-state index in [0.29, 0.717) is 28.9 Å². The van der Waals surface area contributed by atoms with E-state index in [0.717, 1.165) is 17.0 Å². The third-order valence-electron chi connectivity index (χ3n) is 4.88. The van der Waals surface area contributed by atoms with Crippen LogP contribution >= 0.6 is 0 Å². The molecule has 0 saturated heterocycles. The van der Waals surface area contributed by atoms with Crippen LogP contribution in [-0.4, -0.2) is 32.3 Å². The fraction of sp³-hybridized carbons (Fsp3) is 0.167. The normalized spacial score (nSPS) is 10.6. The Labute approximate surface area is 185 Å². The van der Waals surface area contributed by atoms with Gasteiger partial charge in [0.25, 0.3) is 5.91 Å². The molecule has 0 radical (unpaired) electrons. The third kappa shape index (κ3) is 5.10. The van der Waals surface area contributed by atoms with Crippen molar-refractivity contribution in [1.29, 1.82) is 0 Å². The minimum absolute atomic E-state index is 0.0703. The van der Waals surface area contributed by atoms with Crippen molar-refractivity contribution in [2.75, 3.05) is 11.9 Å². The van der Waals surface area contributed by atoms with E-state index in [1.165, 1.54) is 0 Å². The van der Waals surface area contributed by atoms with Crippen molar-refractivity contribution in [2.24, 2.45) is 0 Å². The van der Waals surface area contributed by atoms with E-state index in [9.17, 15) is 4.79 Å². The van der Waals surface area contributed by atoms with Crippen molar-refractivity contribution in [1.82, 2.24) is 19.7 Å². The molecule has 0 saturated carbocycles. The quantitative estimate of drug-likeness (QED) is 0.468. The molecule has 0 spiro atoms. The molecule has 0 aliphatic carbocycles. The molecule has 4 rings (SSSR count). The predicted molar refractivity (Wildman–Crippen MR) is 120 cm³/mol. The van der Waals surface area contributed by atoms with Crippen LogP contribution < -0.4 is 14.8 Å². The van der Waals surface area contributed by atoms with Gasteiger partial charge in [0.2, 0.25) is 5.88 Å². The minimum Gasteiger partial charge on any atom is -0.484 e. The number of rotatable bonds is 7. The standard InChI is InChI=1S/C24H23N5O3/c1-16-4-8-20(9-5-16)31-14-23(30)26-19-6-10-21(11-7-19)32-24-13-12-22(27-28-24)29-15-25-17(2)18(29)3/h4-13,15H,14H2,1-3H3,(H,26,30). The summed E-state index contributed by atoms with van der Waals surface area (Å²) in [6, 6.07) is 18.1. The van der Waals surface area contributed by atoms with Gasteiger partial charge in [0.1, 0.15) is 17.8 Å². The van der Waals surface area contributed by atoms with Gasteiger partial charge in [0, 0.05) is 17.4 Å². The number of aromatic nitrogens is 4. The van der Waals surface area contributed by atoms with Crippen molar-refractivity contribution < 1.29 is 14.3 Å². The van der Waals surface area contributed by atoms with Crippen LogP contribution in [0.3, 0.4) is 0 Å². The number of aryl methyl sites for hydroxylation is 2. The highest BCUT2D eigenvalue weighted by molar-refractivity contribution is 5.91. The summed E-state index contributed by atoms with van der Waals surface area (Å²) >= 11 is 0. The summed E-state index contributed by atoms with van der Waals surface area (Å²) in [5.74, 6) is 2.02. The van der Waals surface area contributed by atoms with Crippen LogP contribution in [0.2, 0.25) is 0 Å². The van der Waals surface area contributed by atoms with Crippen molar-refractivity contribution in [3.63, 3.8) is 0 Å². The first-order valence-electron chi connectivity index (χ1n) is 10.1. The monoisotopic (exact) mass is 429 g/mol. The van der Waals surface area contributed by atoms with E-state index in [2.05, 4.69) is 20.5 Å². The summed E-state index contributed by atoms with van der Waals surface area (Å²) in [5, 5.41) is 11.1. The molecule has 8 nitrogen and oxygen atoms in total. The lowest BCUT2D eigenvalue weighted by atomic mass is 10.2. The Balaban J connectivity index is 1.31.